The van der Waals surface area contributed by atoms with Crippen LogP contribution in [-0.2, 0) is 9.59 Å². The molecule has 0 saturated heterocycles. The Morgan fingerprint density at radius 3 is 2.26 bits per heavy atom. The van der Waals surface area contributed by atoms with E-state index in [2.05, 4.69) is 20.9 Å². The topological polar surface area (TPSA) is 100 Å². The maximum Gasteiger partial charge on any atom is 0.272 e. The van der Waals surface area contributed by atoms with Gasteiger partial charge in [0.1, 0.15) is 10.9 Å². The molecule has 47 heavy (non-hydrogen) atoms. The van der Waals surface area contributed by atoms with Crippen molar-refractivity contribution in [3.05, 3.63) is 161 Å². The maximum absolute atomic E-state index is 13.7. The second kappa shape index (κ2) is 14.9. The summed E-state index contributed by atoms with van der Waals surface area (Å²) in [5, 5.41) is 9.05. The van der Waals surface area contributed by atoms with Gasteiger partial charge in [-0.05, 0) is 71.8 Å². The van der Waals surface area contributed by atoms with Crippen LogP contribution in [0.2, 0.25) is 5.02 Å². The molecule has 0 aliphatic heterocycles. The van der Waals surface area contributed by atoms with Gasteiger partial charge in [0.25, 0.3) is 11.8 Å². The summed E-state index contributed by atoms with van der Waals surface area (Å²) in [7, 11) is 0. The van der Waals surface area contributed by atoms with E-state index >= 15 is 0 Å². The molecule has 6 rings (SSSR count). The lowest BCUT2D eigenvalue weighted by molar-refractivity contribution is -0.116. The van der Waals surface area contributed by atoms with Crippen molar-refractivity contribution in [3.63, 3.8) is 0 Å². The average Bonchev–Trinajstić information content (AvgIpc) is 3.50. The van der Waals surface area contributed by atoms with Crippen molar-refractivity contribution in [1.82, 2.24) is 10.3 Å². The van der Waals surface area contributed by atoms with Crippen molar-refractivity contribution in [2.75, 3.05) is 10.6 Å². The zero-order chi connectivity index (χ0) is 32.6. The van der Waals surface area contributed by atoms with Gasteiger partial charge in [0.15, 0.2) is 5.13 Å². The number of hydrogen-bond donors (Lipinski definition) is 3. The minimum Gasteiger partial charge on any atom is -0.321 e. The van der Waals surface area contributed by atoms with E-state index in [1.165, 1.54) is 23.1 Å². The number of carbonyl (C=O) groups excluding carboxylic acids is 3. The number of thioether (sulfide) groups is 1. The van der Waals surface area contributed by atoms with Crippen LogP contribution >= 0.6 is 34.7 Å². The first-order chi connectivity index (χ1) is 22.9. The third-order valence-electron chi connectivity index (χ3n) is 6.90. The predicted octanol–water partition coefficient (Wildman–Crippen LogP) is 8.83. The molecule has 3 N–H and O–H groups in total. The predicted molar refractivity (Wildman–Crippen MR) is 192 cm³/mol. The number of anilines is 2. The van der Waals surface area contributed by atoms with Gasteiger partial charge in [-0.25, -0.2) is 4.98 Å². The van der Waals surface area contributed by atoms with Gasteiger partial charge in [-0.1, -0.05) is 102 Å². The number of carbonyl (C=O) groups is 3. The van der Waals surface area contributed by atoms with E-state index in [4.69, 9.17) is 11.6 Å². The number of nitrogens with one attached hydrogen (secondary N) is 3. The third kappa shape index (κ3) is 8.33. The van der Waals surface area contributed by atoms with Gasteiger partial charge in [-0.2, -0.15) is 0 Å². The van der Waals surface area contributed by atoms with Gasteiger partial charge in [-0.3, -0.25) is 14.4 Å². The highest BCUT2D eigenvalue weighted by Crippen LogP contribution is 2.38. The van der Waals surface area contributed by atoms with Crippen molar-refractivity contribution in [1.29, 1.82) is 0 Å². The van der Waals surface area contributed by atoms with Gasteiger partial charge >= 0.3 is 0 Å². The van der Waals surface area contributed by atoms with Gasteiger partial charge in [0, 0.05) is 21.2 Å². The lowest BCUT2D eigenvalue weighted by atomic mass is 10.1. The molecule has 232 valence electrons. The van der Waals surface area contributed by atoms with Gasteiger partial charge in [0.05, 0.1) is 10.2 Å². The van der Waals surface area contributed by atoms with E-state index < -0.39 is 17.1 Å². The monoisotopic (exact) mass is 674 g/mol. The Kier molecular flexibility index (Phi) is 10.1. The lowest BCUT2D eigenvalue weighted by Crippen LogP contribution is -2.30. The van der Waals surface area contributed by atoms with Crippen molar-refractivity contribution in [2.45, 2.75) is 10.1 Å². The molecule has 3 amide bonds. The molecule has 0 aliphatic carbocycles. The van der Waals surface area contributed by atoms with Crippen LogP contribution in [0.1, 0.15) is 26.7 Å². The Morgan fingerprint density at radius 2 is 1.49 bits per heavy atom. The number of halogens is 1. The number of amides is 3. The fourth-order valence-corrected chi connectivity index (χ4v) is 6.84. The number of hydrogen-bond acceptors (Lipinski definition) is 6. The van der Waals surface area contributed by atoms with Crippen molar-refractivity contribution in [2.24, 2.45) is 0 Å². The molecule has 1 heterocycles. The standard InChI is InChI=1S/C37H27ClN4O3S2/c38-27-16-9-11-24(21-27)22-31(40-34(43)26-14-5-2-6-15-26)35(44)39-28-17-10-18-29(23-28)46-33(25-12-3-1-4-13-25)36(45)42-37-41-30-19-7-8-20-32(30)47-37/h1-23,33H,(H,39,44)(H,40,43)(H,41,42,45)/b31-22-. The molecule has 0 bridgehead atoms. The molecular formula is C37H27ClN4O3S2. The van der Waals surface area contributed by atoms with Crippen LogP contribution < -0.4 is 16.0 Å². The second-order valence-electron chi connectivity index (χ2n) is 10.3. The highest BCUT2D eigenvalue weighted by molar-refractivity contribution is 8.00. The number of aromatic nitrogens is 1. The minimum atomic E-state index is -0.599. The van der Waals surface area contributed by atoms with Crippen LogP contribution in [0.15, 0.2) is 144 Å². The fourth-order valence-electron chi connectivity index (χ4n) is 4.68. The molecule has 7 nitrogen and oxygen atoms in total. The Morgan fingerprint density at radius 1 is 0.766 bits per heavy atom. The summed E-state index contributed by atoms with van der Waals surface area (Å²) in [5.74, 6) is -1.17. The highest BCUT2D eigenvalue weighted by Gasteiger charge is 2.24. The fraction of sp³-hybridized carbons (Fsp3) is 0.0270. The summed E-state index contributed by atoms with van der Waals surface area (Å²) in [6.45, 7) is 0. The molecular weight excluding hydrogens is 648 g/mol. The summed E-state index contributed by atoms with van der Waals surface area (Å²) in [6.07, 6.45) is 1.57. The number of fused-ring (bicyclic) bond motifs is 1. The number of benzene rings is 5. The molecule has 1 aromatic heterocycles. The minimum absolute atomic E-state index is 0.0385. The Balaban J connectivity index is 1.23. The first-order valence-electron chi connectivity index (χ1n) is 14.5. The van der Waals surface area contributed by atoms with E-state index in [0.29, 0.717) is 27.0 Å². The molecule has 6 aromatic rings. The number of nitrogens with zero attached hydrogens (tertiary/aromatic N) is 1. The molecule has 0 fully saturated rings. The van der Waals surface area contributed by atoms with Crippen LogP contribution in [0.5, 0.6) is 0 Å². The van der Waals surface area contributed by atoms with Crippen LogP contribution in [-0.4, -0.2) is 22.7 Å². The normalized spacial score (nSPS) is 11.9. The first-order valence-corrected chi connectivity index (χ1v) is 16.6. The van der Waals surface area contributed by atoms with Crippen molar-refractivity contribution < 1.29 is 14.4 Å². The number of rotatable bonds is 10. The largest absolute Gasteiger partial charge is 0.321 e. The van der Waals surface area contributed by atoms with Crippen molar-refractivity contribution in [3.8, 4) is 0 Å². The second-order valence-corrected chi connectivity index (χ2v) is 12.9. The smallest absolute Gasteiger partial charge is 0.272 e. The molecule has 1 unspecified atom stereocenters. The third-order valence-corrected chi connectivity index (χ3v) is 9.33. The first kappa shape index (κ1) is 31.7. The maximum atomic E-state index is 13.7. The van der Waals surface area contributed by atoms with E-state index in [1.807, 2.05) is 66.7 Å². The van der Waals surface area contributed by atoms with Crippen LogP contribution in [0, 0.1) is 0 Å². The zero-order valence-corrected chi connectivity index (χ0v) is 27.1. The van der Waals surface area contributed by atoms with Crippen LogP contribution in [0.25, 0.3) is 16.3 Å². The SMILES string of the molecule is O=C(Nc1cccc(SC(C(=O)Nc2nc3ccccc3s2)c2ccccc2)c1)/C(=C/c1cccc(Cl)c1)NC(=O)c1ccccc1. The Labute approximate surface area is 284 Å². The number of thiazole rings is 1. The lowest BCUT2D eigenvalue weighted by Gasteiger charge is -2.17. The molecule has 0 aliphatic rings. The van der Waals surface area contributed by atoms with E-state index in [0.717, 1.165) is 20.7 Å². The molecule has 0 radical (unpaired) electrons. The van der Waals surface area contributed by atoms with Gasteiger partial charge in [0.2, 0.25) is 5.91 Å². The highest BCUT2D eigenvalue weighted by atomic mass is 35.5. The summed E-state index contributed by atoms with van der Waals surface area (Å²) < 4.78 is 0.985. The number of para-hydroxylation sites is 1. The Bertz CT molecular complexity index is 2050. The van der Waals surface area contributed by atoms with E-state index in [9.17, 15) is 14.4 Å². The van der Waals surface area contributed by atoms with E-state index in [1.54, 1.807) is 72.8 Å². The van der Waals surface area contributed by atoms with Crippen LogP contribution in [0.4, 0.5) is 10.8 Å². The Hall–Kier alpha value is -5.22. The summed E-state index contributed by atoms with van der Waals surface area (Å²) in [6, 6.07) is 40.1. The quantitative estimate of drug-likeness (QED) is 0.0996. The van der Waals surface area contributed by atoms with Crippen molar-refractivity contribution >= 4 is 79.5 Å². The summed E-state index contributed by atoms with van der Waals surface area (Å²) in [5.41, 5.74) is 3.22. The van der Waals surface area contributed by atoms with E-state index in [-0.39, 0.29) is 11.6 Å². The molecule has 5 aromatic carbocycles. The zero-order valence-electron chi connectivity index (χ0n) is 24.7. The summed E-state index contributed by atoms with van der Waals surface area (Å²) in [4.78, 5) is 45.6. The molecule has 10 heteroatoms. The molecule has 0 saturated carbocycles. The molecule has 1 atom stereocenters. The average molecular weight is 675 g/mol. The van der Waals surface area contributed by atoms with Gasteiger partial charge < -0.3 is 16.0 Å². The van der Waals surface area contributed by atoms with Crippen LogP contribution in [0.3, 0.4) is 0 Å². The van der Waals surface area contributed by atoms with Gasteiger partial charge in [-0.15, -0.1) is 11.8 Å². The molecule has 0 spiro atoms. The summed E-state index contributed by atoms with van der Waals surface area (Å²) >= 11 is 8.95.